The number of furan rings is 2. The Morgan fingerprint density at radius 3 is 1.91 bits per heavy atom. The van der Waals surface area contributed by atoms with Gasteiger partial charge in [0.2, 0.25) is 0 Å². The predicted molar refractivity (Wildman–Crippen MR) is 83.0 cm³/mol. The second-order valence-corrected chi connectivity index (χ2v) is 5.83. The van der Waals surface area contributed by atoms with E-state index in [0.29, 0.717) is 0 Å². The van der Waals surface area contributed by atoms with Crippen LogP contribution < -0.4 is 0 Å². The number of hydrogen-bond donors (Lipinski definition) is 0. The molecule has 0 saturated carbocycles. The van der Waals surface area contributed by atoms with E-state index in [0.717, 1.165) is 35.5 Å². The van der Waals surface area contributed by atoms with Crippen molar-refractivity contribution < 1.29 is 13.6 Å². The van der Waals surface area contributed by atoms with Gasteiger partial charge in [0.15, 0.2) is 5.78 Å². The van der Waals surface area contributed by atoms with Gasteiger partial charge in [-0.25, -0.2) is 0 Å². The van der Waals surface area contributed by atoms with Gasteiger partial charge in [-0.15, -0.1) is 0 Å². The molecule has 2 atom stereocenters. The molecule has 112 valence electrons. The lowest BCUT2D eigenvalue weighted by Gasteiger charge is -2.34. The van der Waals surface area contributed by atoms with E-state index in [1.807, 2.05) is 36.4 Å². The quantitative estimate of drug-likeness (QED) is 0.797. The number of fused-ring (bicyclic) bond motifs is 2. The van der Waals surface area contributed by atoms with Crippen LogP contribution in [0.1, 0.15) is 24.4 Å². The third kappa shape index (κ3) is 2.07. The summed E-state index contributed by atoms with van der Waals surface area (Å²) in [6, 6.07) is 7.77. The number of rotatable bonds is 2. The third-order valence-electron chi connectivity index (χ3n) is 4.62. The molecule has 2 unspecified atom stereocenters. The van der Waals surface area contributed by atoms with Crippen molar-refractivity contribution in [2.24, 2.45) is 0 Å². The van der Waals surface area contributed by atoms with E-state index in [9.17, 15) is 4.79 Å². The minimum Gasteiger partial charge on any atom is -0.465 e. The van der Waals surface area contributed by atoms with Crippen molar-refractivity contribution in [3.05, 3.63) is 59.5 Å². The topological polar surface area (TPSA) is 46.6 Å². The lowest BCUT2D eigenvalue weighted by atomic mass is 9.90. The molecule has 4 heteroatoms. The molecule has 2 bridgehead atoms. The van der Waals surface area contributed by atoms with E-state index in [1.165, 1.54) is 0 Å². The second kappa shape index (κ2) is 5.14. The molecule has 0 spiro atoms. The Labute approximate surface area is 128 Å². The highest BCUT2D eigenvalue weighted by atomic mass is 16.3. The lowest BCUT2D eigenvalue weighted by Crippen LogP contribution is -2.43. The highest BCUT2D eigenvalue weighted by Crippen LogP contribution is 2.40. The van der Waals surface area contributed by atoms with Gasteiger partial charge >= 0.3 is 0 Å². The van der Waals surface area contributed by atoms with Crippen molar-refractivity contribution in [3.63, 3.8) is 0 Å². The number of nitrogens with zero attached hydrogens (tertiary/aromatic N) is 1. The number of carbonyl (C=O) groups is 1. The summed E-state index contributed by atoms with van der Waals surface area (Å²) in [6.07, 6.45) is 8.99. The van der Waals surface area contributed by atoms with Gasteiger partial charge in [0.25, 0.3) is 0 Å². The maximum absolute atomic E-state index is 12.9. The zero-order valence-corrected chi connectivity index (χ0v) is 12.4. The smallest absolute Gasteiger partial charge is 0.188 e. The standard InChI is InChI=1S/C18H17NO3/c1-19-16-6-7-17(19)15(11-13-5-3-9-22-13)18(20)14(16)10-12-4-2-8-21-12/h2-5,8-11,16-17H,6-7H2,1H3. The highest BCUT2D eigenvalue weighted by molar-refractivity contribution is 6.15. The van der Waals surface area contributed by atoms with Crippen LogP contribution in [0.3, 0.4) is 0 Å². The van der Waals surface area contributed by atoms with Crippen LogP contribution in [0.2, 0.25) is 0 Å². The Morgan fingerprint density at radius 1 is 1.00 bits per heavy atom. The average Bonchev–Trinajstić information content (AvgIpc) is 3.22. The van der Waals surface area contributed by atoms with Gasteiger partial charge in [-0.05, 0) is 56.3 Å². The van der Waals surface area contributed by atoms with Crippen molar-refractivity contribution in [3.8, 4) is 0 Å². The number of hydrogen-bond acceptors (Lipinski definition) is 4. The average molecular weight is 295 g/mol. The third-order valence-corrected chi connectivity index (χ3v) is 4.62. The fraction of sp³-hybridized carbons (Fsp3) is 0.278. The molecule has 2 fully saturated rings. The monoisotopic (exact) mass is 295 g/mol. The van der Waals surface area contributed by atoms with Crippen molar-refractivity contribution in [2.45, 2.75) is 24.9 Å². The Balaban J connectivity index is 1.79. The summed E-state index contributed by atoms with van der Waals surface area (Å²) in [5.74, 6) is 1.55. The molecular formula is C18H17NO3. The van der Waals surface area contributed by atoms with Crippen LogP contribution >= 0.6 is 0 Å². The molecule has 2 saturated heterocycles. The maximum atomic E-state index is 12.9. The summed E-state index contributed by atoms with van der Waals surface area (Å²) in [5.41, 5.74) is 1.62. The molecule has 0 amide bonds. The minimum absolute atomic E-state index is 0.110. The Morgan fingerprint density at radius 2 is 1.50 bits per heavy atom. The number of ketones is 1. The molecule has 0 aliphatic carbocycles. The first-order valence-electron chi connectivity index (χ1n) is 7.51. The van der Waals surface area contributed by atoms with Crippen molar-refractivity contribution in [2.75, 3.05) is 7.05 Å². The molecule has 4 rings (SSSR count). The molecule has 0 radical (unpaired) electrons. The summed E-state index contributed by atoms with van der Waals surface area (Å²) in [6.45, 7) is 0. The SMILES string of the molecule is CN1C2CCC1C(=Cc1ccco1)C(=O)C2=Cc1ccco1. The van der Waals surface area contributed by atoms with E-state index in [4.69, 9.17) is 8.83 Å². The zero-order valence-electron chi connectivity index (χ0n) is 12.4. The summed E-state index contributed by atoms with van der Waals surface area (Å²) in [5, 5.41) is 0. The summed E-state index contributed by atoms with van der Waals surface area (Å²) >= 11 is 0. The zero-order chi connectivity index (χ0) is 15.1. The first kappa shape index (κ1) is 13.3. The van der Waals surface area contributed by atoms with Crippen LogP contribution in [-0.2, 0) is 4.79 Å². The van der Waals surface area contributed by atoms with Crippen LogP contribution in [0.15, 0.2) is 56.8 Å². The van der Waals surface area contributed by atoms with Gasteiger partial charge in [-0.2, -0.15) is 0 Å². The van der Waals surface area contributed by atoms with Crippen LogP contribution in [0, 0.1) is 0 Å². The van der Waals surface area contributed by atoms with Crippen LogP contribution in [-0.4, -0.2) is 29.8 Å². The van der Waals surface area contributed by atoms with Crippen LogP contribution in [0.5, 0.6) is 0 Å². The van der Waals surface area contributed by atoms with Crippen molar-refractivity contribution >= 4 is 17.9 Å². The van der Waals surface area contributed by atoms with Gasteiger partial charge in [0.1, 0.15) is 11.5 Å². The molecule has 2 aliphatic heterocycles. The molecule has 4 heterocycles. The van der Waals surface area contributed by atoms with Crippen LogP contribution in [0.4, 0.5) is 0 Å². The summed E-state index contributed by atoms with van der Waals surface area (Å²) < 4.78 is 10.8. The minimum atomic E-state index is 0.110. The highest BCUT2D eigenvalue weighted by Gasteiger charge is 2.44. The van der Waals surface area contributed by atoms with Gasteiger partial charge < -0.3 is 8.83 Å². The summed E-state index contributed by atoms with van der Waals surface area (Å²) in [7, 11) is 2.08. The van der Waals surface area contributed by atoms with E-state index in [1.54, 1.807) is 12.5 Å². The first-order chi connectivity index (χ1) is 10.7. The number of Topliss-reactive ketones (excluding diaryl/α,β-unsaturated/α-hetero) is 1. The molecule has 2 aromatic heterocycles. The molecule has 2 aliphatic rings. The van der Waals surface area contributed by atoms with Crippen LogP contribution in [0.25, 0.3) is 12.2 Å². The van der Waals surface area contributed by atoms with E-state index >= 15 is 0 Å². The molecule has 0 N–H and O–H groups in total. The maximum Gasteiger partial charge on any atom is 0.188 e. The number of carbonyl (C=O) groups excluding carboxylic acids is 1. The van der Waals surface area contributed by atoms with Gasteiger partial charge in [0.05, 0.1) is 12.5 Å². The Bertz CT molecular complexity index is 675. The Hall–Kier alpha value is -2.33. The number of piperidine rings is 1. The molecule has 4 nitrogen and oxygen atoms in total. The number of likely N-dealkylation sites (N-methyl/N-ethyl adjacent to an activating group) is 1. The fourth-order valence-electron chi connectivity index (χ4n) is 3.54. The van der Waals surface area contributed by atoms with Crippen molar-refractivity contribution in [1.29, 1.82) is 0 Å². The van der Waals surface area contributed by atoms with Gasteiger partial charge in [-0.1, -0.05) is 0 Å². The van der Waals surface area contributed by atoms with Crippen molar-refractivity contribution in [1.82, 2.24) is 4.90 Å². The fourth-order valence-corrected chi connectivity index (χ4v) is 3.54. The Kier molecular flexibility index (Phi) is 3.12. The second-order valence-electron chi connectivity index (χ2n) is 5.83. The summed E-state index contributed by atoms with van der Waals surface area (Å²) in [4.78, 5) is 15.2. The van der Waals surface area contributed by atoms with E-state index in [2.05, 4.69) is 11.9 Å². The molecule has 22 heavy (non-hydrogen) atoms. The molecule has 2 aromatic rings. The molecule has 0 aromatic carbocycles. The predicted octanol–water partition coefficient (Wildman–Crippen LogP) is 3.39. The van der Waals surface area contributed by atoms with E-state index < -0.39 is 0 Å². The van der Waals surface area contributed by atoms with Gasteiger partial charge in [-0.3, -0.25) is 9.69 Å². The largest absolute Gasteiger partial charge is 0.465 e. The molecular weight excluding hydrogens is 278 g/mol. The van der Waals surface area contributed by atoms with E-state index in [-0.39, 0.29) is 17.9 Å². The lowest BCUT2D eigenvalue weighted by molar-refractivity contribution is -0.114. The van der Waals surface area contributed by atoms with Gasteiger partial charge in [0, 0.05) is 23.2 Å². The first-order valence-corrected chi connectivity index (χ1v) is 7.51. The normalized spacial score (nSPS) is 28.9.